The molecule has 22 heteroatoms. The second-order valence-corrected chi connectivity index (χ2v) is 7.93. The molecule has 0 aliphatic carbocycles. The fourth-order valence-electron chi connectivity index (χ4n) is 2.06. The highest BCUT2D eigenvalue weighted by atomic mass is 32.2. The lowest BCUT2D eigenvalue weighted by atomic mass is 9.90. The Kier molecular flexibility index (Phi) is 7.39. The lowest BCUT2D eigenvalue weighted by molar-refractivity contribution is -0.471. The molecule has 0 aliphatic rings. The van der Waals surface area contributed by atoms with Crippen LogP contribution in [0.15, 0.2) is 29.2 Å². The average molecular weight is 592 g/mol. The van der Waals surface area contributed by atoms with Gasteiger partial charge in [-0.3, -0.25) is 4.55 Å². The third-order valence-electron chi connectivity index (χ3n) is 4.04. The van der Waals surface area contributed by atoms with Gasteiger partial charge in [-0.25, -0.2) is 0 Å². The molecule has 210 valence electrons. The van der Waals surface area contributed by atoms with Crippen LogP contribution >= 0.6 is 0 Å². The zero-order valence-corrected chi connectivity index (χ0v) is 16.6. The average Bonchev–Trinajstić information content (AvgIpc) is 2.65. The molecule has 0 atom stereocenters. The van der Waals surface area contributed by atoms with Crippen molar-refractivity contribution in [2.75, 3.05) is 0 Å². The lowest BCUT2D eigenvalue weighted by Gasteiger charge is -2.42. The first-order chi connectivity index (χ1) is 15.4. The molecule has 0 aliphatic heterocycles. The topological polar surface area (TPSA) is 63.6 Å². The van der Waals surface area contributed by atoms with Crippen molar-refractivity contribution in [1.29, 1.82) is 0 Å². The minimum Gasteiger partial charge on any atom is -0.428 e. The van der Waals surface area contributed by atoms with Gasteiger partial charge >= 0.3 is 47.8 Å². The number of ether oxygens (including phenoxy) is 1. The van der Waals surface area contributed by atoms with E-state index in [4.69, 9.17) is 4.55 Å². The van der Waals surface area contributed by atoms with Crippen molar-refractivity contribution in [3.63, 3.8) is 0 Å². The molecule has 0 unspecified atom stereocenters. The summed E-state index contributed by atoms with van der Waals surface area (Å²) in [5.41, 5.74) is 0. The van der Waals surface area contributed by atoms with E-state index in [9.17, 15) is 83.1 Å². The van der Waals surface area contributed by atoms with Crippen LogP contribution in [-0.2, 0) is 10.1 Å². The van der Waals surface area contributed by atoms with Crippen molar-refractivity contribution in [2.24, 2.45) is 0 Å². The summed E-state index contributed by atoms with van der Waals surface area (Å²) >= 11 is 0. The van der Waals surface area contributed by atoms with Crippen LogP contribution in [0.3, 0.4) is 0 Å². The number of halogens is 17. The summed E-state index contributed by atoms with van der Waals surface area (Å²) in [7, 11) is -5.36. The largest absolute Gasteiger partial charge is 0.471 e. The molecule has 0 saturated heterocycles. The maximum Gasteiger partial charge on any atom is 0.471 e. The molecule has 0 amide bonds. The molecule has 0 bridgehead atoms. The van der Waals surface area contributed by atoms with Crippen molar-refractivity contribution in [2.45, 2.75) is 52.7 Å². The fraction of sp³-hybridized carbons (Fsp3) is 0.571. The van der Waals surface area contributed by atoms with Gasteiger partial charge in [0.1, 0.15) is 5.75 Å². The first kappa shape index (κ1) is 31.8. The Bertz CT molecular complexity index is 1080. The quantitative estimate of drug-likeness (QED) is 0.271. The van der Waals surface area contributed by atoms with Crippen LogP contribution in [0.1, 0.15) is 0 Å². The molecule has 0 fully saturated rings. The molecule has 1 aromatic rings. The Morgan fingerprint density at radius 1 is 0.583 bits per heavy atom. The number of hydrogen-bond donors (Lipinski definition) is 1. The van der Waals surface area contributed by atoms with Crippen LogP contribution in [0.25, 0.3) is 0 Å². The molecular formula is C14H5F17O4S. The molecular weight excluding hydrogens is 587 g/mol. The molecule has 0 radical (unpaired) electrons. The Labute approximate surface area is 186 Å². The number of benzene rings is 1. The first-order valence-electron chi connectivity index (χ1n) is 7.91. The van der Waals surface area contributed by atoms with E-state index in [-0.39, 0.29) is 18.2 Å². The zero-order valence-electron chi connectivity index (χ0n) is 15.8. The van der Waals surface area contributed by atoms with E-state index in [0.29, 0.717) is 6.07 Å². The summed E-state index contributed by atoms with van der Waals surface area (Å²) in [4.78, 5) is -1.49. The molecule has 0 aromatic heterocycles. The molecule has 1 rings (SSSR count). The molecule has 0 spiro atoms. The van der Waals surface area contributed by atoms with Gasteiger partial charge in [0.2, 0.25) is 0 Å². The third kappa shape index (κ3) is 4.49. The summed E-state index contributed by atoms with van der Waals surface area (Å²) in [5.74, 6) is -53.1. The summed E-state index contributed by atoms with van der Waals surface area (Å²) in [5, 5.41) is 0. The highest BCUT2D eigenvalue weighted by Crippen LogP contribution is 2.64. The Hall–Kier alpha value is -2.26. The molecule has 4 nitrogen and oxygen atoms in total. The highest BCUT2D eigenvalue weighted by Gasteiger charge is 2.95. The van der Waals surface area contributed by atoms with Gasteiger partial charge in [-0.05, 0) is 12.1 Å². The second kappa shape index (κ2) is 8.38. The molecule has 1 aromatic carbocycles. The van der Waals surface area contributed by atoms with Gasteiger partial charge in [0.05, 0.1) is 4.90 Å². The van der Waals surface area contributed by atoms with Crippen LogP contribution in [0.2, 0.25) is 0 Å². The van der Waals surface area contributed by atoms with Gasteiger partial charge < -0.3 is 4.74 Å². The van der Waals surface area contributed by atoms with E-state index < -0.39 is 68.6 Å². The van der Waals surface area contributed by atoms with Crippen LogP contribution in [0.5, 0.6) is 5.75 Å². The Morgan fingerprint density at radius 3 is 1.31 bits per heavy atom. The van der Waals surface area contributed by atoms with Crippen LogP contribution in [0, 0.1) is 0 Å². The van der Waals surface area contributed by atoms with Crippen molar-refractivity contribution >= 4 is 10.1 Å². The molecule has 36 heavy (non-hydrogen) atoms. The maximum absolute atomic E-state index is 13.7. The predicted molar refractivity (Wildman–Crippen MR) is 77.6 cm³/mol. The zero-order chi connectivity index (χ0) is 29.2. The summed E-state index contributed by atoms with van der Waals surface area (Å²) in [6.45, 7) is 0. The van der Waals surface area contributed by atoms with Crippen LogP contribution in [-0.4, -0.2) is 60.8 Å². The van der Waals surface area contributed by atoms with E-state index in [1.165, 1.54) is 0 Å². The molecule has 0 heterocycles. The van der Waals surface area contributed by atoms with Gasteiger partial charge in [0, 0.05) is 6.07 Å². The SMILES string of the molecule is O=S(=O)(O)c1cccc(OC(F)(F)C(F)(F)C(F)(F)C(F)(F)C(F)(F)C(F)(F)C(F)(F)C(F)(F)F)c1. The van der Waals surface area contributed by atoms with E-state index in [1.54, 1.807) is 0 Å². The smallest absolute Gasteiger partial charge is 0.428 e. The van der Waals surface area contributed by atoms with E-state index in [0.717, 1.165) is 0 Å². The number of alkyl halides is 17. The van der Waals surface area contributed by atoms with Gasteiger partial charge in [0.25, 0.3) is 10.1 Å². The van der Waals surface area contributed by atoms with Gasteiger partial charge in [-0.1, -0.05) is 6.07 Å². The number of hydrogen-bond acceptors (Lipinski definition) is 3. The summed E-state index contributed by atoms with van der Waals surface area (Å²) < 4.78 is 257. The summed E-state index contributed by atoms with van der Waals surface area (Å²) in [6, 6.07) is 0.252. The van der Waals surface area contributed by atoms with Crippen LogP contribution in [0.4, 0.5) is 74.6 Å². The normalized spacial score (nSPS) is 15.7. The van der Waals surface area contributed by atoms with E-state index >= 15 is 0 Å². The Morgan fingerprint density at radius 2 is 0.944 bits per heavy atom. The lowest BCUT2D eigenvalue weighted by Crippen LogP contribution is -2.74. The van der Waals surface area contributed by atoms with Crippen molar-refractivity contribution in [1.82, 2.24) is 0 Å². The first-order valence-corrected chi connectivity index (χ1v) is 9.35. The minimum atomic E-state index is -8.78. The van der Waals surface area contributed by atoms with Gasteiger partial charge in [-0.15, -0.1) is 0 Å². The monoisotopic (exact) mass is 592 g/mol. The maximum atomic E-state index is 13.7. The predicted octanol–water partition coefficient (Wildman–Crippen LogP) is 6.28. The highest BCUT2D eigenvalue weighted by molar-refractivity contribution is 7.85. The minimum absolute atomic E-state index is 0.00158. The summed E-state index contributed by atoms with van der Waals surface area (Å²) in [6.07, 6.45) is -15.1. The van der Waals surface area contributed by atoms with Crippen LogP contribution < -0.4 is 4.74 Å². The molecule has 0 saturated carbocycles. The van der Waals surface area contributed by atoms with Crippen molar-refractivity contribution in [3.8, 4) is 5.75 Å². The van der Waals surface area contributed by atoms with Crippen molar-refractivity contribution < 1.29 is 92.3 Å². The third-order valence-corrected chi connectivity index (χ3v) is 4.89. The Balaban J connectivity index is 3.63. The van der Waals surface area contributed by atoms with E-state index in [2.05, 4.69) is 4.74 Å². The fourth-order valence-corrected chi connectivity index (χ4v) is 2.58. The van der Waals surface area contributed by atoms with E-state index in [1.807, 2.05) is 0 Å². The standard InChI is InChI=1S/C14H5F17O4S/c15-7(16,9(19,20)11(23,24)13(27,28)29)8(17,18)10(21,22)12(25,26)14(30,31)35-5-2-1-3-6(4-5)36(32,33)34/h1-4H,(H,32,33,34). The molecule has 1 N–H and O–H groups in total. The number of rotatable bonds is 9. The van der Waals surface area contributed by atoms with Crippen molar-refractivity contribution in [3.05, 3.63) is 24.3 Å². The second-order valence-electron chi connectivity index (χ2n) is 6.51. The van der Waals surface area contributed by atoms with Gasteiger partial charge in [0.15, 0.2) is 0 Å². The van der Waals surface area contributed by atoms with Gasteiger partial charge in [-0.2, -0.15) is 83.1 Å².